The van der Waals surface area contributed by atoms with E-state index in [0.717, 1.165) is 6.42 Å². The van der Waals surface area contributed by atoms with Crippen LogP contribution in [0.1, 0.15) is 19.8 Å². The molecule has 2 nitrogen and oxygen atoms in total. The average molecular weight is 298 g/mol. The molecule has 0 N–H and O–H groups in total. The fourth-order valence-corrected chi connectivity index (χ4v) is 2.63. The summed E-state index contributed by atoms with van der Waals surface area (Å²) in [7, 11) is 0. The van der Waals surface area contributed by atoms with E-state index < -0.39 is 17.3 Å². The van der Waals surface area contributed by atoms with Crippen LogP contribution in [0, 0.1) is 0 Å². The number of halogens is 4. The second-order valence-corrected chi connectivity index (χ2v) is 12.8. The maximum absolute atomic E-state index is 10.9. The first-order valence-corrected chi connectivity index (χ1v) is 9.88. The van der Waals surface area contributed by atoms with Crippen LogP contribution < -0.4 is 0 Å². The fraction of sp³-hybridized carbons (Fsp3) is 0.857. The van der Waals surface area contributed by atoms with Gasteiger partial charge in [0, 0.05) is 0 Å². The van der Waals surface area contributed by atoms with Gasteiger partial charge in [0.05, 0.1) is 6.61 Å². The number of rotatable bonds is 6. The van der Waals surface area contributed by atoms with Crippen molar-refractivity contribution in [3.8, 4) is 0 Å². The third-order valence-corrected chi connectivity index (χ3v) is 4.22. The summed E-state index contributed by atoms with van der Waals surface area (Å²) < 4.78 is 4.83. The van der Waals surface area contributed by atoms with Crippen LogP contribution in [-0.2, 0) is 9.53 Å². The second kappa shape index (κ2) is 7.18. The molecule has 0 aromatic heterocycles. The van der Waals surface area contributed by atoms with Gasteiger partial charge < -0.3 is 4.74 Å². The molecule has 1 unspecified atom stereocenters. The largest absolute Gasteiger partial charge is 0.465 e. The Balaban J connectivity index is 3.35. The van der Waals surface area contributed by atoms with Crippen LogP contribution >= 0.6 is 44.8 Å². The lowest BCUT2D eigenvalue weighted by atomic mass is 10.3. The molecule has 0 bridgehead atoms. The summed E-state index contributed by atoms with van der Waals surface area (Å²) in [5, 5.41) is -0.599. The van der Waals surface area contributed by atoms with Crippen LogP contribution in [0.4, 0.5) is 0 Å². The SMILES string of the molecule is CC(Cl)C(=O)OCCCC[Si](Cl)(Cl)Cl. The van der Waals surface area contributed by atoms with Gasteiger partial charge in [-0.25, -0.2) is 0 Å². The summed E-state index contributed by atoms with van der Waals surface area (Å²) in [6.07, 6.45) is 1.46. The molecule has 0 rings (SSSR count). The Morgan fingerprint density at radius 2 is 1.93 bits per heavy atom. The zero-order valence-electron chi connectivity index (χ0n) is 7.73. The van der Waals surface area contributed by atoms with E-state index in [4.69, 9.17) is 49.6 Å². The first-order valence-electron chi connectivity index (χ1n) is 4.20. The highest BCUT2D eigenvalue weighted by atomic mass is 35.8. The van der Waals surface area contributed by atoms with Crippen LogP contribution in [0.5, 0.6) is 0 Å². The molecule has 0 heterocycles. The Morgan fingerprint density at radius 3 is 2.36 bits per heavy atom. The summed E-state index contributed by atoms with van der Waals surface area (Å²) in [5.74, 6) is -0.405. The van der Waals surface area contributed by atoms with Crippen LogP contribution in [-0.4, -0.2) is 24.0 Å². The molecule has 0 saturated heterocycles. The van der Waals surface area contributed by atoms with E-state index in [-0.39, 0.29) is 0 Å². The number of unbranched alkanes of at least 4 members (excludes halogenated alkanes) is 1. The molecule has 0 fully saturated rings. The fourth-order valence-electron chi connectivity index (χ4n) is 0.715. The van der Waals surface area contributed by atoms with Crippen molar-refractivity contribution in [3.63, 3.8) is 0 Å². The van der Waals surface area contributed by atoms with E-state index in [1.54, 1.807) is 6.92 Å². The summed E-state index contributed by atoms with van der Waals surface area (Å²) in [6.45, 7) is 1.91. The van der Waals surface area contributed by atoms with Crippen molar-refractivity contribution in [3.05, 3.63) is 0 Å². The lowest BCUT2D eigenvalue weighted by Gasteiger charge is -2.08. The molecule has 0 saturated carbocycles. The van der Waals surface area contributed by atoms with Gasteiger partial charge in [0.25, 0.3) is 0 Å². The maximum Gasteiger partial charge on any atom is 0.341 e. The highest BCUT2D eigenvalue weighted by Gasteiger charge is 2.23. The van der Waals surface area contributed by atoms with Gasteiger partial charge in [-0.3, -0.25) is 4.79 Å². The van der Waals surface area contributed by atoms with Crippen molar-refractivity contribution in [2.75, 3.05) is 6.61 Å². The first-order chi connectivity index (χ1) is 6.33. The standard InChI is InChI=1S/C7H12Cl4O2Si/c1-6(8)7(12)13-4-2-3-5-14(9,10)11/h6H,2-5H2,1H3. The van der Waals surface area contributed by atoms with Gasteiger partial charge >= 0.3 is 12.0 Å². The summed E-state index contributed by atoms with van der Waals surface area (Å²) >= 11 is 22.5. The molecule has 1 atom stereocenters. The van der Waals surface area contributed by atoms with Gasteiger partial charge in [0.1, 0.15) is 5.38 Å². The minimum absolute atomic E-state index is 0.338. The number of hydrogen-bond donors (Lipinski definition) is 0. The normalized spacial score (nSPS) is 13.8. The van der Waals surface area contributed by atoms with Crippen molar-refractivity contribution in [1.29, 1.82) is 0 Å². The number of hydrogen-bond acceptors (Lipinski definition) is 2. The van der Waals surface area contributed by atoms with Gasteiger partial charge in [0.2, 0.25) is 0 Å². The maximum atomic E-state index is 10.9. The molecule has 7 heteroatoms. The Bertz CT molecular complexity index is 181. The lowest BCUT2D eigenvalue weighted by molar-refractivity contribution is -0.142. The van der Waals surface area contributed by atoms with Crippen molar-refractivity contribution in [1.82, 2.24) is 0 Å². The Morgan fingerprint density at radius 1 is 1.36 bits per heavy atom. The Labute approximate surface area is 104 Å². The lowest BCUT2D eigenvalue weighted by Crippen LogP contribution is -2.15. The van der Waals surface area contributed by atoms with Crippen molar-refractivity contribution in [2.45, 2.75) is 31.2 Å². The highest BCUT2D eigenvalue weighted by molar-refractivity contribution is 7.64. The zero-order valence-corrected chi connectivity index (χ0v) is 11.8. The first kappa shape index (κ1) is 14.8. The molecule has 14 heavy (non-hydrogen) atoms. The van der Waals surface area contributed by atoms with Gasteiger partial charge in [-0.1, -0.05) is 0 Å². The molecule has 0 aliphatic carbocycles. The molecule has 0 radical (unpaired) electrons. The van der Waals surface area contributed by atoms with E-state index in [1.807, 2.05) is 0 Å². The molecule has 84 valence electrons. The highest BCUT2D eigenvalue weighted by Crippen LogP contribution is 2.26. The summed E-state index contributed by atoms with van der Waals surface area (Å²) in [6, 6.07) is -1.92. The molecule has 0 aromatic carbocycles. The third-order valence-electron chi connectivity index (χ3n) is 1.42. The summed E-state index contributed by atoms with van der Waals surface area (Å²) in [4.78, 5) is 10.9. The van der Waals surface area contributed by atoms with Gasteiger partial charge in [-0.2, -0.15) is 0 Å². The average Bonchev–Trinajstić information content (AvgIpc) is 2.01. The number of alkyl halides is 1. The van der Waals surface area contributed by atoms with Crippen molar-refractivity contribution >= 4 is 56.8 Å². The van der Waals surface area contributed by atoms with Gasteiger partial charge in [0.15, 0.2) is 0 Å². The number of carbonyl (C=O) groups is 1. The predicted molar refractivity (Wildman–Crippen MR) is 63.6 cm³/mol. The van der Waals surface area contributed by atoms with Crippen molar-refractivity contribution < 1.29 is 9.53 Å². The molecule has 0 spiro atoms. The van der Waals surface area contributed by atoms with E-state index >= 15 is 0 Å². The molecule has 0 aliphatic rings. The minimum Gasteiger partial charge on any atom is -0.465 e. The molecule has 0 amide bonds. The number of esters is 1. The van der Waals surface area contributed by atoms with Crippen LogP contribution in [0.25, 0.3) is 0 Å². The van der Waals surface area contributed by atoms with Crippen LogP contribution in [0.3, 0.4) is 0 Å². The third kappa shape index (κ3) is 9.40. The van der Waals surface area contributed by atoms with E-state index in [1.165, 1.54) is 0 Å². The molecular weight excluding hydrogens is 286 g/mol. The molecular formula is C7H12Cl4O2Si. The van der Waals surface area contributed by atoms with Crippen LogP contribution in [0.2, 0.25) is 6.04 Å². The smallest absolute Gasteiger partial charge is 0.341 e. The van der Waals surface area contributed by atoms with Gasteiger partial charge in [-0.15, -0.1) is 44.8 Å². The monoisotopic (exact) mass is 296 g/mol. The summed E-state index contributed by atoms with van der Waals surface area (Å²) in [5.41, 5.74) is 0. The van der Waals surface area contributed by atoms with E-state index in [0.29, 0.717) is 19.1 Å². The molecule has 0 aliphatic heterocycles. The van der Waals surface area contributed by atoms with Crippen LogP contribution in [0.15, 0.2) is 0 Å². The van der Waals surface area contributed by atoms with Crippen molar-refractivity contribution in [2.24, 2.45) is 0 Å². The van der Waals surface area contributed by atoms with E-state index in [9.17, 15) is 4.79 Å². The quantitative estimate of drug-likeness (QED) is 0.246. The number of ether oxygens (including phenoxy) is 1. The van der Waals surface area contributed by atoms with E-state index in [2.05, 4.69) is 0 Å². The minimum atomic E-state index is -2.51. The molecule has 0 aromatic rings. The predicted octanol–water partition coefficient (Wildman–Crippen LogP) is 3.59. The van der Waals surface area contributed by atoms with Gasteiger partial charge in [-0.05, 0) is 25.8 Å². The second-order valence-electron chi connectivity index (χ2n) is 2.86. The Kier molecular flexibility index (Phi) is 7.61. The Hall–Kier alpha value is 0.847. The number of carbonyl (C=O) groups excluding carboxylic acids is 1. The topological polar surface area (TPSA) is 26.3 Å². The zero-order chi connectivity index (χ0) is 11.2.